The van der Waals surface area contributed by atoms with E-state index in [2.05, 4.69) is 6.07 Å². The maximum atomic E-state index is 9.89. The van der Waals surface area contributed by atoms with E-state index in [9.17, 15) is 5.26 Å². The van der Waals surface area contributed by atoms with Gasteiger partial charge in [-0.05, 0) is 24.3 Å². The molecule has 0 saturated carbocycles. The predicted octanol–water partition coefficient (Wildman–Crippen LogP) is 5.82. The minimum absolute atomic E-state index is 0.377. The van der Waals surface area contributed by atoms with Gasteiger partial charge >= 0.3 is 0 Å². The fourth-order valence-corrected chi connectivity index (χ4v) is 3.51. The molecule has 5 heteroatoms. The Morgan fingerprint density at radius 2 is 1.45 bits per heavy atom. The van der Waals surface area contributed by atoms with Gasteiger partial charge in [-0.2, -0.15) is 5.26 Å². The second-order valence-electron chi connectivity index (χ2n) is 6.34. The zero-order valence-electron chi connectivity index (χ0n) is 15.7. The highest BCUT2D eigenvalue weighted by Crippen LogP contribution is 2.30. The summed E-state index contributed by atoms with van der Waals surface area (Å²) in [5, 5.41) is 9.89. The molecule has 0 unspecified atom stereocenters. The number of ether oxygens (including phenoxy) is 1. The zero-order valence-corrected chi connectivity index (χ0v) is 16.6. The van der Waals surface area contributed by atoms with Gasteiger partial charge in [-0.3, -0.25) is 4.57 Å². The molecule has 0 N–H and O–H groups in total. The third-order valence-electron chi connectivity index (χ3n) is 4.60. The topological polar surface area (TPSA) is 50.8 Å². The number of rotatable bonds is 4. The Hall–Kier alpha value is -3.75. The minimum atomic E-state index is 0.377. The maximum absolute atomic E-state index is 9.89. The van der Waals surface area contributed by atoms with Crippen molar-refractivity contribution in [1.82, 2.24) is 9.55 Å². The van der Waals surface area contributed by atoms with Crippen LogP contribution in [0.3, 0.4) is 0 Å². The monoisotopic (exact) mass is 395 g/mol. The van der Waals surface area contributed by atoms with E-state index in [1.54, 1.807) is 7.11 Å². The smallest absolute Gasteiger partial charge is 0.146 e. The van der Waals surface area contributed by atoms with Gasteiger partial charge in [0.1, 0.15) is 27.8 Å². The third-order valence-corrected chi connectivity index (χ3v) is 4.99. The Kier molecular flexibility index (Phi) is 5.19. The molecule has 3 aromatic carbocycles. The van der Waals surface area contributed by atoms with Crippen molar-refractivity contribution < 1.29 is 4.74 Å². The molecule has 0 aliphatic rings. The van der Waals surface area contributed by atoms with E-state index in [0.29, 0.717) is 21.7 Å². The minimum Gasteiger partial charge on any atom is -0.497 e. The van der Waals surface area contributed by atoms with Crippen molar-refractivity contribution in [1.29, 1.82) is 5.26 Å². The van der Waals surface area contributed by atoms with Gasteiger partial charge in [0.25, 0.3) is 0 Å². The van der Waals surface area contributed by atoms with Crippen molar-refractivity contribution in [2.45, 2.75) is 0 Å². The molecule has 0 atom stereocenters. The molecule has 0 aliphatic heterocycles. The molecular weight excluding hydrogens is 378 g/mol. The molecule has 140 valence electrons. The molecule has 0 spiro atoms. The molecule has 4 aromatic rings. The largest absolute Gasteiger partial charge is 0.497 e. The van der Waals surface area contributed by atoms with Gasteiger partial charge in [-0.15, -0.1) is 0 Å². The van der Waals surface area contributed by atoms with Crippen LogP contribution >= 0.6 is 12.2 Å². The third kappa shape index (κ3) is 3.54. The lowest BCUT2D eigenvalue weighted by molar-refractivity contribution is 0.414. The molecule has 4 nitrogen and oxygen atoms in total. The summed E-state index contributed by atoms with van der Waals surface area (Å²) >= 11 is 5.78. The van der Waals surface area contributed by atoms with Crippen molar-refractivity contribution in [2.75, 3.05) is 7.11 Å². The van der Waals surface area contributed by atoms with E-state index in [1.165, 1.54) is 0 Å². The van der Waals surface area contributed by atoms with Crippen molar-refractivity contribution >= 4 is 12.2 Å². The van der Waals surface area contributed by atoms with Crippen LogP contribution in [-0.4, -0.2) is 16.7 Å². The number of methoxy groups -OCH3 is 1. The standard InChI is InChI=1S/C24H17N3OS/c1-28-20-14-12-19(13-15-20)27-23(18-10-6-3-7-11-18)26-22(21(16-25)24(27)29)17-8-4-2-5-9-17/h2-15H,1H3. The molecule has 1 aromatic heterocycles. The van der Waals surface area contributed by atoms with Crippen molar-refractivity contribution in [3.8, 4) is 40.2 Å². The Labute approximate surface area is 174 Å². The SMILES string of the molecule is COc1ccc(-n2c(-c3ccccc3)nc(-c3ccccc3)c(C#N)c2=S)cc1. The van der Waals surface area contributed by atoms with Gasteiger partial charge in [-0.25, -0.2) is 4.98 Å². The first-order valence-corrected chi connectivity index (χ1v) is 9.46. The first-order valence-electron chi connectivity index (χ1n) is 9.05. The first-order chi connectivity index (χ1) is 14.2. The van der Waals surface area contributed by atoms with Gasteiger partial charge in [0, 0.05) is 16.8 Å². The van der Waals surface area contributed by atoms with Crippen LogP contribution in [0, 0.1) is 16.0 Å². The lowest BCUT2D eigenvalue weighted by Gasteiger charge is -2.17. The summed E-state index contributed by atoms with van der Waals surface area (Å²) in [7, 11) is 1.63. The van der Waals surface area contributed by atoms with E-state index in [0.717, 1.165) is 22.6 Å². The Balaban J connectivity index is 2.06. The molecule has 0 saturated heterocycles. The van der Waals surface area contributed by atoms with Gasteiger partial charge in [0.2, 0.25) is 0 Å². The van der Waals surface area contributed by atoms with E-state index in [-0.39, 0.29) is 0 Å². The Morgan fingerprint density at radius 3 is 2.00 bits per heavy atom. The summed E-state index contributed by atoms with van der Waals surface area (Å²) in [5.41, 5.74) is 3.55. The second-order valence-corrected chi connectivity index (χ2v) is 6.73. The molecular formula is C24H17N3OS. The average molecular weight is 395 g/mol. The molecule has 0 bridgehead atoms. The summed E-state index contributed by atoms with van der Waals surface area (Å²) in [5.74, 6) is 1.43. The van der Waals surface area contributed by atoms with Crippen LogP contribution in [0.15, 0.2) is 84.9 Å². The predicted molar refractivity (Wildman–Crippen MR) is 117 cm³/mol. The summed E-state index contributed by atoms with van der Waals surface area (Å²) in [6.07, 6.45) is 0. The average Bonchev–Trinajstić information content (AvgIpc) is 2.79. The maximum Gasteiger partial charge on any atom is 0.146 e. The number of nitriles is 1. The molecule has 0 radical (unpaired) electrons. The van der Waals surface area contributed by atoms with Crippen molar-refractivity contribution in [2.24, 2.45) is 0 Å². The Morgan fingerprint density at radius 1 is 0.862 bits per heavy atom. The van der Waals surface area contributed by atoms with Gasteiger partial charge < -0.3 is 4.74 Å². The molecule has 0 aliphatic carbocycles. The second kappa shape index (κ2) is 8.09. The lowest BCUT2D eigenvalue weighted by Crippen LogP contribution is -2.08. The number of hydrogen-bond donors (Lipinski definition) is 0. The highest BCUT2D eigenvalue weighted by atomic mass is 32.1. The summed E-state index contributed by atoms with van der Waals surface area (Å²) in [6.45, 7) is 0. The Bertz CT molecular complexity index is 1240. The molecule has 0 fully saturated rings. The van der Waals surface area contributed by atoms with Crippen molar-refractivity contribution in [3.63, 3.8) is 0 Å². The molecule has 29 heavy (non-hydrogen) atoms. The van der Waals surface area contributed by atoms with Gasteiger partial charge in [0.05, 0.1) is 12.8 Å². The van der Waals surface area contributed by atoms with Crippen LogP contribution in [-0.2, 0) is 0 Å². The number of aromatic nitrogens is 2. The van der Waals surface area contributed by atoms with E-state index < -0.39 is 0 Å². The lowest BCUT2D eigenvalue weighted by atomic mass is 10.1. The number of hydrogen-bond acceptors (Lipinski definition) is 4. The summed E-state index contributed by atoms with van der Waals surface area (Å²) in [4.78, 5) is 4.91. The van der Waals surface area contributed by atoms with E-state index >= 15 is 0 Å². The highest BCUT2D eigenvalue weighted by molar-refractivity contribution is 7.71. The fourth-order valence-electron chi connectivity index (χ4n) is 3.18. The highest BCUT2D eigenvalue weighted by Gasteiger charge is 2.18. The number of nitrogens with zero attached hydrogens (tertiary/aromatic N) is 3. The van der Waals surface area contributed by atoms with E-state index in [4.69, 9.17) is 21.9 Å². The summed E-state index contributed by atoms with van der Waals surface area (Å²) in [6, 6.07) is 29.3. The van der Waals surface area contributed by atoms with Crippen LogP contribution in [0.25, 0.3) is 28.3 Å². The van der Waals surface area contributed by atoms with Crippen LogP contribution in [0.4, 0.5) is 0 Å². The zero-order chi connectivity index (χ0) is 20.2. The molecule has 0 amide bonds. The van der Waals surface area contributed by atoms with Crippen molar-refractivity contribution in [3.05, 3.63) is 95.1 Å². The van der Waals surface area contributed by atoms with E-state index in [1.807, 2.05) is 89.5 Å². The molecule has 4 rings (SSSR count). The van der Waals surface area contributed by atoms with Crippen LogP contribution < -0.4 is 4.74 Å². The normalized spacial score (nSPS) is 10.3. The van der Waals surface area contributed by atoms with Crippen LogP contribution in [0.5, 0.6) is 5.75 Å². The number of benzene rings is 3. The molecule has 1 heterocycles. The van der Waals surface area contributed by atoms with Crippen LogP contribution in [0.2, 0.25) is 0 Å². The van der Waals surface area contributed by atoms with Crippen LogP contribution in [0.1, 0.15) is 5.56 Å². The quantitative estimate of drug-likeness (QED) is 0.409. The fraction of sp³-hybridized carbons (Fsp3) is 0.0417. The first kappa shape index (κ1) is 18.6. The van der Waals surface area contributed by atoms with Gasteiger partial charge in [-0.1, -0.05) is 72.9 Å². The summed E-state index contributed by atoms with van der Waals surface area (Å²) < 4.78 is 7.53. The van der Waals surface area contributed by atoms with Gasteiger partial charge in [0.15, 0.2) is 0 Å².